The molecule has 0 atom stereocenters. The molecule has 1 aliphatic heterocycles. The third-order valence-corrected chi connectivity index (χ3v) is 3.10. The molecule has 8 nitrogen and oxygen atoms in total. The lowest BCUT2D eigenvalue weighted by atomic mass is 10.2. The molecule has 0 bridgehead atoms. The number of nitrogens with one attached hydrogen (secondary N) is 1. The van der Waals surface area contributed by atoms with E-state index in [1.807, 2.05) is 0 Å². The molecule has 2 N–H and O–H groups in total. The molecule has 0 unspecified atom stereocenters. The molecule has 8 heteroatoms. The minimum absolute atomic E-state index is 0.0559. The predicted octanol–water partition coefficient (Wildman–Crippen LogP) is 0.479. The van der Waals surface area contributed by atoms with Gasteiger partial charge in [0.1, 0.15) is 5.56 Å². The van der Waals surface area contributed by atoms with Crippen molar-refractivity contribution in [2.24, 2.45) is 0 Å². The fraction of sp³-hybridized carbons (Fsp3) is 0.167. The van der Waals surface area contributed by atoms with Gasteiger partial charge in [0, 0.05) is 24.8 Å². The molecule has 0 aromatic carbocycles. The Morgan fingerprint density at radius 1 is 1.40 bits per heavy atom. The van der Waals surface area contributed by atoms with Crippen LogP contribution in [-0.4, -0.2) is 39.2 Å². The zero-order chi connectivity index (χ0) is 14.3. The average Bonchev–Trinajstić information content (AvgIpc) is 2.81. The van der Waals surface area contributed by atoms with Gasteiger partial charge < -0.3 is 5.11 Å². The third kappa shape index (κ3) is 1.87. The standard InChI is InChI=1S/C12H10N4O4/c17-10-2-3-15(12(20)14-10)7-1-4-16-9(5-7)8(6-13-16)11(18)19/h1,4-6H,2-3H2,(H,18,19)(H,14,17,20). The van der Waals surface area contributed by atoms with Crippen LogP contribution in [0.1, 0.15) is 16.8 Å². The van der Waals surface area contributed by atoms with Crippen LogP contribution in [0.3, 0.4) is 0 Å². The molecule has 102 valence electrons. The average molecular weight is 274 g/mol. The van der Waals surface area contributed by atoms with Crippen molar-refractivity contribution >= 4 is 29.1 Å². The van der Waals surface area contributed by atoms with Crippen LogP contribution < -0.4 is 10.2 Å². The molecule has 1 aliphatic rings. The van der Waals surface area contributed by atoms with E-state index in [1.54, 1.807) is 18.3 Å². The number of carboxylic acid groups (broad SMARTS) is 1. The summed E-state index contributed by atoms with van der Waals surface area (Å²) in [6, 6.07) is 2.69. The molecule has 0 radical (unpaired) electrons. The minimum Gasteiger partial charge on any atom is -0.478 e. The first-order chi connectivity index (χ1) is 9.56. The zero-order valence-electron chi connectivity index (χ0n) is 10.2. The van der Waals surface area contributed by atoms with Crippen LogP contribution in [0.15, 0.2) is 24.5 Å². The summed E-state index contributed by atoms with van der Waals surface area (Å²) in [5.74, 6) is -1.40. The van der Waals surface area contributed by atoms with E-state index < -0.39 is 12.0 Å². The Hall–Kier alpha value is -2.90. The van der Waals surface area contributed by atoms with Crippen LogP contribution in [0.25, 0.3) is 5.52 Å². The number of rotatable bonds is 2. The van der Waals surface area contributed by atoms with Crippen molar-refractivity contribution in [1.82, 2.24) is 14.9 Å². The molecule has 3 heterocycles. The number of imide groups is 1. The number of aromatic carboxylic acids is 1. The lowest BCUT2D eigenvalue weighted by Gasteiger charge is -2.26. The fourth-order valence-electron chi connectivity index (χ4n) is 2.11. The van der Waals surface area contributed by atoms with E-state index in [1.165, 1.54) is 15.6 Å². The first-order valence-electron chi connectivity index (χ1n) is 5.88. The quantitative estimate of drug-likeness (QED) is 0.828. The molecule has 3 amide bonds. The van der Waals surface area contributed by atoms with E-state index in [0.717, 1.165) is 0 Å². The van der Waals surface area contributed by atoms with Crippen molar-refractivity contribution in [3.05, 3.63) is 30.1 Å². The van der Waals surface area contributed by atoms with Crippen molar-refractivity contribution in [3.8, 4) is 0 Å². The lowest BCUT2D eigenvalue weighted by Crippen LogP contribution is -2.49. The maximum absolute atomic E-state index is 11.8. The second-order valence-electron chi connectivity index (χ2n) is 4.33. The second-order valence-corrected chi connectivity index (χ2v) is 4.33. The fourth-order valence-corrected chi connectivity index (χ4v) is 2.11. The first-order valence-corrected chi connectivity index (χ1v) is 5.88. The summed E-state index contributed by atoms with van der Waals surface area (Å²) < 4.78 is 1.42. The molecule has 3 rings (SSSR count). The van der Waals surface area contributed by atoms with Crippen molar-refractivity contribution in [2.75, 3.05) is 11.4 Å². The van der Waals surface area contributed by atoms with Gasteiger partial charge in [-0.05, 0) is 12.1 Å². The summed E-state index contributed by atoms with van der Waals surface area (Å²) >= 11 is 0. The number of carbonyl (C=O) groups excluding carboxylic acids is 2. The number of anilines is 1. The number of carbonyl (C=O) groups is 3. The number of hydrogen-bond donors (Lipinski definition) is 2. The number of fused-ring (bicyclic) bond motifs is 1. The van der Waals surface area contributed by atoms with E-state index in [2.05, 4.69) is 10.4 Å². The predicted molar refractivity (Wildman–Crippen MR) is 67.7 cm³/mol. The van der Waals surface area contributed by atoms with Gasteiger partial charge in [-0.2, -0.15) is 5.10 Å². The van der Waals surface area contributed by atoms with Crippen LogP contribution >= 0.6 is 0 Å². The largest absolute Gasteiger partial charge is 0.478 e. The highest BCUT2D eigenvalue weighted by atomic mass is 16.4. The lowest BCUT2D eigenvalue weighted by molar-refractivity contribution is -0.120. The Morgan fingerprint density at radius 3 is 2.90 bits per heavy atom. The summed E-state index contributed by atoms with van der Waals surface area (Å²) in [7, 11) is 0. The number of amides is 3. The molecule has 0 saturated carbocycles. The molecule has 0 spiro atoms. The summed E-state index contributed by atoms with van der Waals surface area (Å²) in [4.78, 5) is 35.3. The number of carboxylic acids is 1. The topological polar surface area (TPSA) is 104 Å². The number of urea groups is 1. The third-order valence-electron chi connectivity index (χ3n) is 3.10. The van der Waals surface area contributed by atoms with E-state index in [4.69, 9.17) is 5.11 Å². The number of hydrogen-bond acceptors (Lipinski definition) is 4. The van der Waals surface area contributed by atoms with Gasteiger partial charge in [-0.15, -0.1) is 0 Å². The number of pyridine rings is 1. The first kappa shape index (κ1) is 12.2. The number of aromatic nitrogens is 2. The molecule has 20 heavy (non-hydrogen) atoms. The molecule has 1 fully saturated rings. The summed E-state index contributed by atoms with van der Waals surface area (Å²) in [5, 5.41) is 15.2. The zero-order valence-corrected chi connectivity index (χ0v) is 10.2. The number of nitrogens with zero attached hydrogens (tertiary/aromatic N) is 3. The van der Waals surface area contributed by atoms with E-state index in [0.29, 0.717) is 11.2 Å². The SMILES string of the molecule is O=C1CCN(c2ccn3ncc(C(=O)O)c3c2)C(=O)N1. The van der Waals surface area contributed by atoms with Gasteiger partial charge in [0.25, 0.3) is 0 Å². The van der Waals surface area contributed by atoms with Gasteiger partial charge in [0.05, 0.1) is 11.7 Å². The smallest absolute Gasteiger partial charge is 0.339 e. The van der Waals surface area contributed by atoms with Gasteiger partial charge in [-0.25, -0.2) is 14.1 Å². The van der Waals surface area contributed by atoms with Crippen LogP contribution in [-0.2, 0) is 4.79 Å². The monoisotopic (exact) mass is 274 g/mol. The molecular weight excluding hydrogens is 264 g/mol. The summed E-state index contributed by atoms with van der Waals surface area (Å²) in [6.45, 7) is 0.261. The van der Waals surface area contributed by atoms with Crippen molar-refractivity contribution in [3.63, 3.8) is 0 Å². The normalized spacial score (nSPS) is 15.5. The summed E-state index contributed by atoms with van der Waals surface area (Å²) in [6.07, 6.45) is 3.03. The Balaban J connectivity index is 2.04. The van der Waals surface area contributed by atoms with Gasteiger partial charge >= 0.3 is 12.0 Å². The maximum Gasteiger partial charge on any atom is 0.339 e. The van der Waals surface area contributed by atoms with Gasteiger partial charge in [0.2, 0.25) is 5.91 Å². The highest BCUT2D eigenvalue weighted by Crippen LogP contribution is 2.21. The van der Waals surface area contributed by atoms with Crippen LogP contribution in [0, 0.1) is 0 Å². The highest BCUT2D eigenvalue weighted by molar-refractivity contribution is 6.06. The van der Waals surface area contributed by atoms with E-state index >= 15 is 0 Å². The van der Waals surface area contributed by atoms with Gasteiger partial charge in [-0.3, -0.25) is 15.0 Å². The Kier molecular flexibility index (Phi) is 2.63. The van der Waals surface area contributed by atoms with E-state index in [9.17, 15) is 14.4 Å². The molecule has 2 aromatic rings. The highest BCUT2D eigenvalue weighted by Gasteiger charge is 2.24. The van der Waals surface area contributed by atoms with Crippen LogP contribution in [0.2, 0.25) is 0 Å². The maximum atomic E-state index is 11.8. The van der Waals surface area contributed by atoms with Crippen LogP contribution in [0.5, 0.6) is 0 Å². The van der Waals surface area contributed by atoms with Crippen molar-refractivity contribution < 1.29 is 19.5 Å². The van der Waals surface area contributed by atoms with Crippen molar-refractivity contribution in [1.29, 1.82) is 0 Å². The van der Waals surface area contributed by atoms with E-state index in [-0.39, 0.29) is 24.4 Å². The molecular formula is C12H10N4O4. The summed E-state index contributed by atoms with van der Waals surface area (Å²) in [5.41, 5.74) is 0.963. The van der Waals surface area contributed by atoms with Gasteiger partial charge in [0.15, 0.2) is 0 Å². The second kappa shape index (κ2) is 4.34. The van der Waals surface area contributed by atoms with Crippen LogP contribution in [0.4, 0.5) is 10.5 Å². The molecule has 2 aromatic heterocycles. The molecule has 0 aliphatic carbocycles. The molecule has 1 saturated heterocycles. The minimum atomic E-state index is -1.09. The Labute approximate surface area is 112 Å². The Morgan fingerprint density at radius 2 is 2.20 bits per heavy atom. The van der Waals surface area contributed by atoms with Gasteiger partial charge in [-0.1, -0.05) is 0 Å². The van der Waals surface area contributed by atoms with Crippen molar-refractivity contribution in [2.45, 2.75) is 6.42 Å². The Bertz CT molecular complexity index is 736.